The lowest BCUT2D eigenvalue weighted by molar-refractivity contribution is 0.171. The second-order valence-electron chi connectivity index (χ2n) is 6.30. The molecule has 106 valence electrons. The van der Waals surface area contributed by atoms with Crippen LogP contribution in [-0.4, -0.2) is 4.98 Å². The summed E-state index contributed by atoms with van der Waals surface area (Å²) in [7, 11) is 0. The molecule has 1 heterocycles. The maximum atomic E-state index is 5.84. The van der Waals surface area contributed by atoms with Gasteiger partial charge in [0.15, 0.2) is 0 Å². The molecule has 0 aromatic carbocycles. The van der Waals surface area contributed by atoms with Crippen molar-refractivity contribution in [2.45, 2.75) is 53.0 Å². The number of hydrazine groups is 1. The Balaban J connectivity index is 2.20. The monoisotopic (exact) mass is 261 g/mol. The fourth-order valence-electron chi connectivity index (χ4n) is 3.40. The molecule has 3 N–H and O–H groups in total. The Labute approximate surface area is 117 Å². The van der Waals surface area contributed by atoms with E-state index in [1.54, 1.807) is 0 Å². The number of rotatable bonds is 3. The van der Waals surface area contributed by atoms with Gasteiger partial charge in [-0.25, -0.2) is 0 Å². The highest BCUT2D eigenvalue weighted by molar-refractivity contribution is 5.25. The molecule has 1 saturated carbocycles. The van der Waals surface area contributed by atoms with E-state index in [1.807, 2.05) is 6.92 Å². The van der Waals surface area contributed by atoms with Gasteiger partial charge >= 0.3 is 0 Å². The summed E-state index contributed by atoms with van der Waals surface area (Å²) in [6, 6.07) is 4.51. The highest BCUT2D eigenvalue weighted by Crippen LogP contribution is 2.40. The third-order valence-electron chi connectivity index (χ3n) is 4.89. The first-order valence-corrected chi connectivity index (χ1v) is 7.43. The van der Waals surface area contributed by atoms with E-state index in [1.165, 1.54) is 24.8 Å². The van der Waals surface area contributed by atoms with Crippen molar-refractivity contribution in [1.29, 1.82) is 0 Å². The number of aromatic nitrogens is 1. The highest BCUT2D eigenvalue weighted by atomic mass is 15.2. The third-order valence-corrected chi connectivity index (χ3v) is 4.89. The Kier molecular flexibility index (Phi) is 4.58. The minimum Gasteiger partial charge on any atom is -0.271 e. The van der Waals surface area contributed by atoms with Gasteiger partial charge < -0.3 is 0 Å². The van der Waals surface area contributed by atoms with Gasteiger partial charge in [-0.15, -0.1) is 0 Å². The molecule has 0 bridgehead atoms. The maximum Gasteiger partial charge on any atom is 0.0506 e. The first-order chi connectivity index (χ1) is 9.02. The molecule has 1 aromatic heterocycles. The Morgan fingerprint density at radius 3 is 2.53 bits per heavy atom. The van der Waals surface area contributed by atoms with Crippen molar-refractivity contribution < 1.29 is 0 Å². The molecular formula is C16H27N3. The van der Waals surface area contributed by atoms with E-state index in [0.717, 1.165) is 23.2 Å². The van der Waals surface area contributed by atoms with Crippen molar-refractivity contribution in [3.05, 3.63) is 29.1 Å². The van der Waals surface area contributed by atoms with E-state index < -0.39 is 0 Å². The molecule has 0 spiro atoms. The first kappa shape index (κ1) is 14.5. The quantitative estimate of drug-likeness (QED) is 0.648. The van der Waals surface area contributed by atoms with Gasteiger partial charge in [0, 0.05) is 11.4 Å². The SMILES string of the molecule is Cc1ccc(C(NN)C2CCC(C)C(C)C2)c(C)n1. The van der Waals surface area contributed by atoms with Crippen molar-refractivity contribution in [2.75, 3.05) is 0 Å². The molecule has 0 amide bonds. The number of pyridine rings is 1. The van der Waals surface area contributed by atoms with E-state index in [2.05, 4.69) is 43.3 Å². The van der Waals surface area contributed by atoms with Crippen LogP contribution in [0.1, 0.15) is 56.1 Å². The van der Waals surface area contributed by atoms with Gasteiger partial charge in [0.05, 0.1) is 6.04 Å². The zero-order valence-corrected chi connectivity index (χ0v) is 12.6. The van der Waals surface area contributed by atoms with Gasteiger partial charge in [0.1, 0.15) is 0 Å². The van der Waals surface area contributed by atoms with Crippen molar-refractivity contribution in [3.63, 3.8) is 0 Å². The lowest BCUT2D eigenvalue weighted by atomic mass is 9.72. The molecular weight excluding hydrogens is 234 g/mol. The van der Waals surface area contributed by atoms with E-state index in [-0.39, 0.29) is 6.04 Å². The first-order valence-electron chi connectivity index (χ1n) is 7.43. The molecule has 1 fully saturated rings. The summed E-state index contributed by atoms with van der Waals surface area (Å²) >= 11 is 0. The fourth-order valence-corrected chi connectivity index (χ4v) is 3.40. The predicted octanol–water partition coefficient (Wildman–Crippen LogP) is 3.28. The summed E-state index contributed by atoms with van der Waals surface area (Å²) in [5.74, 6) is 8.09. The van der Waals surface area contributed by atoms with Crippen LogP contribution in [0.5, 0.6) is 0 Å². The summed E-state index contributed by atoms with van der Waals surface area (Å²) in [4.78, 5) is 4.58. The lowest BCUT2D eigenvalue weighted by Crippen LogP contribution is -2.37. The highest BCUT2D eigenvalue weighted by Gasteiger charge is 2.31. The van der Waals surface area contributed by atoms with Gasteiger partial charge in [-0.1, -0.05) is 26.3 Å². The van der Waals surface area contributed by atoms with E-state index >= 15 is 0 Å². The molecule has 0 aliphatic heterocycles. The van der Waals surface area contributed by atoms with Crippen molar-refractivity contribution in [2.24, 2.45) is 23.6 Å². The van der Waals surface area contributed by atoms with E-state index in [4.69, 9.17) is 5.84 Å². The topological polar surface area (TPSA) is 50.9 Å². The number of nitrogens with two attached hydrogens (primary N) is 1. The summed E-state index contributed by atoms with van der Waals surface area (Å²) in [5.41, 5.74) is 6.49. The van der Waals surface area contributed by atoms with Crippen molar-refractivity contribution in [3.8, 4) is 0 Å². The summed E-state index contributed by atoms with van der Waals surface area (Å²) in [5, 5.41) is 0. The van der Waals surface area contributed by atoms with Crippen LogP contribution < -0.4 is 11.3 Å². The van der Waals surface area contributed by atoms with Crippen LogP contribution in [0.15, 0.2) is 12.1 Å². The molecule has 3 heteroatoms. The Morgan fingerprint density at radius 1 is 1.21 bits per heavy atom. The third kappa shape index (κ3) is 3.15. The summed E-state index contributed by atoms with van der Waals surface area (Å²) < 4.78 is 0. The average molecular weight is 261 g/mol. The van der Waals surface area contributed by atoms with Crippen LogP contribution in [-0.2, 0) is 0 Å². The second-order valence-corrected chi connectivity index (χ2v) is 6.30. The lowest BCUT2D eigenvalue weighted by Gasteiger charge is -2.37. The van der Waals surface area contributed by atoms with Gasteiger partial charge in [0.2, 0.25) is 0 Å². The van der Waals surface area contributed by atoms with Crippen LogP contribution in [0.25, 0.3) is 0 Å². The molecule has 4 unspecified atom stereocenters. The Morgan fingerprint density at radius 2 is 1.95 bits per heavy atom. The van der Waals surface area contributed by atoms with E-state index in [0.29, 0.717) is 5.92 Å². The largest absolute Gasteiger partial charge is 0.271 e. The molecule has 1 aliphatic rings. The average Bonchev–Trinajstić information content (AvgIpc) is 2.37. The summed E-state index contributed by atoms with van der Waals surface area (Å²) in [6.07, 6.45) is 3.82. The predicted molar refractivity (Wildman–Crippen MR) is 79.4 cm³/mol. The summed E-state index contributed by atoms with van der Waals surface area (Å²) in [6.45, 7) is 8.85. The van der Waals surface area contributed by atoms with Gasteiger partial charge in [0.25, 0.3) is 0 Å². The number of nitrogens with zero attached hydrogens (tertiary/aromatic N) is 1. The fraction of sp³-hybridized carbons (Fsp3) is 0.688. The zero-order chi connectivity index (χ0) is 14.0. The number of hydrogen-bond donors (Lipinski definition) is 2. The van der Waals surface area contributed by atoms with Crippen LogP contribution in [0.3, 0.4) is 0 Å². The van der Waals surface area contributed by atoms with Gasteiger partial charge in [-0.05, 0) is 56.1 Å². The molecule has 0 saturated heterocycles. The minimum atomic E-state index is 0.239. The van der Waals surface area contributed by atoms with E-state index in [9.17, 15) is 0 Å². The number of aryl methyl sites for hydroxylation is 2. The molecule has 2 rings (SSSR count). The second kappa shape index (κ2) is 6.02. The smallest absolute Gasteiger partial charge is 0.0506 e. The van der Waals surface area contributed by atoms with Crippen molar-refractivity contribution in [1.82, 2.24) is 10.4 Å². The van der Waals surface area contributed by atoms with Crippen molar-refractivity contribution >= 4 is 0 Å². The van der Waals surface area contributed by atoms with Crippen LogP contribution in [0.2, 0.25) is 0 Å². The molecule has 4 atom stereocenters. The molecule has 19 heavy (non-hydrogen) atoms. The molecule has 1 aromatic rings. The van der Waals surface area contributed by atoms with Crippen LogP contribution in [0, 0.1) is 31.6 Å². The Bertz CT molecular complexity index is 430. The van der Waals surface area contributed by atoms with Crippen LogP contribution in [0.4, 0.5) is 0 Å². The number of nitrogens with one attached hydrogen (secondary N) is 1. The Hall–Kier alpha value is -0.930. The zero-order valence-electron chi connectivity index (χ0n) is 12.6. The molecule has 1 aliphatic carbocycles. The minimum absolute atomic E-state index is 0.239. The van der Waals surface area contributed by atoms with Crippen LogP contribution >= 0.6 is 0 Å². The van der Waals surface area contributed by atoms with Gasteiger partial charge in [-0.3, -0.25) is 16.3 Å². The molecule has 0 radical (unpaired) electrons. The molecule has 3 nitrogen and oxygen atoms in total. The number of hydrogen-bond acceptors (Lipinski definition) is 3. The normalized spacial score (nSPS) is 29.2. The standard InChI is InChI=1S/C16H27N3/c1-10-5-7-14(9-11(10)2)16(19-17)15-8-6-12(3)18-13(15)4/h6,8,10-11,14,16,19H,5,7,9,17H2,1-4H3. The van der Waals surface area contributed by atoms with Gasteiger partial charge in [-0.2, -0.15) is 0 Å². The maximum absolute atomic E-state index is 5.84.